The van der Waals surface area contributed by atoms with Gasteiger partial charge in [-0.25, -0.2) is 8.42 Å². The lowest BCUT2D eigenvalue weighted by molar-refractivity contribution is 0.0783. The zero-order valence-corrected chi connectivity index (χ0v) is 15.3. The number of anilines is 1. The van der Waals surface area contributed by atoms with Gasteiger partial charge >= 0.3 is 0 Å². The Balaban J connectivity index is 2.47. The first-order valence-electron chi connectivity index (χ1n) is 7.60. The maximum atomic E-state index is 12.7. The molecule has 0 heterocycles. The van der Waals surface area contributed by atoms with Crippen molar-refractivity contribution in [2.24, 2.45) is 0 Å². The second-order valence-corrected chi connectivity index (χ2v) is 7.78. The molecule has 2 N–H and O–H groups in total. The summed E-state index contributed by atoms with van der Waals surface area (Å²) in [6.45, 7) is 4.55. The largest absolute Gasteiger partial charge is 0.495 e. The van der Waals surface area contributed by atoms with Crippen LogP contribution in [-0.4, -0.2) is 26.4 Å². The number of aliphatic hydroxyl groups is 1. The van der Waals surface area contributed by atoms with E-state index in [1.807, 2.05) is 0 Å². The summed E-state index contributed by atoms with van der Waals surface area (Å²) in [4.78, 5) is 11.6. The van der Waals surface area contributed by atoms with E-state index in [4.69, 9.17) is 4.74 Å². The summed E-state index contributed by atoms with van der Waals surface area (Å²) < 4.78 is 33.1. The SMILES string of the molecule is COc1cc(C(C)(C)O)ccc1NS(=O)(=O)c1ccccc1C(C)=O. The highest BCUT2D eigenvalue weighted by Crippen LogP contribution is 2.32. The third-order valence-electron chi connectivity index (χ3n) is 3.71. The lowest BCUT2D eigenvalue weighted by Gasteiger charge is -2.20. The van der Waals surface area contributed by atoms with Gasteiger partial charge in [-0.1, -0.05) is 24.3 Å². The molecule has 0 spiro atoms. The Kier molecular flexibility index (Phi) is 5.20. The summed E-state index contributed by atoms with van der Waals surface area (Å²) >= 11 is 0. The van der Waals surface area contributed by atoms with Gasteiger partial charge in [-0.3, -0.25) is 9.52 Å². The molecular formula is C18H21NO5S. The molecule has 0 fully saturated rings. The molecule has 2 aromatic carbocycles. The van der Waals surface area contributed by atoms with E-state index in [-0.39, 0.29) is 27.7 Å². The molecule has 0 aliphatic carbocycles. The first kappa shape index (κ1) is 19.0. The van der Waals surface area contributed by atoms with Crippen molar-refractivity contribution in [2.45, 2.75) is 31.3 Å². The molecule has 0 saturated heterocycles. The van der Waals surface area contributed by atoms with E-state index in [9.17, 15) is 18.3 Å². The molecule has 0 unspecified atom stereocenters. The molecule has 2 rings (SSSR count). The number of carbonyl (C=O) groups excluding carboxylic acids is 1. The second kappa shape index (κ2) is 6.85. The lowest BCUT2D eigenvalue weighted by Crippen LogP contribution is -2.18. The van der Waals surface area contributed by atoms with Crippen LogP contribution in [0.5, 0.6) is 5.75 Å². The lowest BCUT2D eigenvalue weighted by atomic mass is 9.98. The number of benzene rings is 2. The minimum atomic E-state index is -3.98. The number of methoxy groups -OCH3 is 1. The van der Waals surface area contributed by atoms with Gasteiger partial charge in [-0.2, -0.15) is 0 Å². The van der Waals surface area contributed by atoms with Crippen LogP contribution < -0.4 is 9.46 Å². The average molecular weight is 363 g/mol. The average Bonchev–Trinajstić information content (AvgIpc) is 2.53. The van der Waals surface area contributed by atoms with Crippen LogP contribution in [0.25, 0.3) is 0 Å². The van der Waals surface area contributed by atoms with Crippen LogP contribution >= 0.6 is 0 Å². The van der Waals surface area contributed by atoms with E-state index >= 15 is 0 Å². The molecular weight excluding hydrogens is 342 g/mol. The number of ether oxygens (including phenoxy) is 1. The molecule has 0 radical (unpaired) electrons. The van der Waals surface area contributed by atoms with E-state index in [2.05, 4.69) is 4.72 Å². The minimum absolute atomic E-state index is 0.101. The maximum absolute atomic E-state index is 12.7. The zero-order valence-electron chi connectivity index (χ0n) is 14.5. The van der Waals surface area contributed by atoms with Crippen molar-refractivity contribution >= 4 is 21.5 Å². The van der Waals surface area contributed by atoms with Gasteiger partial charge in [-0.15, -0.1) is 0 Å². The van der Waals surface area contributed by atoms with E-state index in [0.717, 1.165) is 0 Å². The summed E-state index contributed by atoms with van der Waals surface area (Å²) in [5, 5.41) is 10.1. The summed E-state index contributed by atoms with van der Waals surface area (Å²) in [7, 11) is -2.58. The van der Waals surface area contributed by atoms with Crippen molar-refractivity contribution < 1.29 is 23.1 Å². The summed E-state index contributed by atoms with van der Waals surface area (Å²) in [5.74, 6) is -0.0752. The Bertz CT molecular complexity index is 898. The fourth-order valence-corrected chi connectivity index (χ4v) is 3.67. The van der Waals surface area contributed by atoms with Gasteiger partial charge in [0.1, 0.15) is 5.75 Å². The fraction of sp³-hybridized carbons (Fsp3) is 0.278. The first-order chi connectivity index (χ1) is 11.6. The van der Waals surface area contributed by atoms with Crippen molar-refractivity contribution in [3.63, 3.8) is 0 Å². The topological polar surface area (TPSA) is 92.7 Å². The number of carbonyl (C=O) groups is 1. The van der Waals surface area contributed by atoms with Gasteiger partial charge in [0.2, 0.25) is 0 Å². The van der Waals surface area contributed by atoms with Crippen LogP contribution in [0.15, 0.2) is 47.4 Å². The number of nitrogens with one attached hydrogen (secondary N) is 1. The second-order valence-electron chi connectivity index (χ2n) is 6.13. The Morgan fingerprint density at radius 3 is 2.36 bits per heavy atom. The van der Waals surface area contributed by atoms with Crippen LogP contribution in [0.4, 0.5) is 5.69 Å². The standard InChI is InChI=1S/C18H21NO5S/c1-12(20)14-7-5-6-8-17(14)25(22,23)19-15-10-9-13(18(2,3)21)11-16(15)24-4/h5-11,19,21H,1-4H3. The van der Waals surface area contributed by atoms with Gasteiger partial charge in [0, 0.05) is 5.56 Å². The molecule has 0 aromatic heterocycles. The summed E-state index contributed by atoms with van der Waals surface area (Å²) in [6.07, 6.45) is 0. The zero-order chi connectivity index (χ0) is 18.8. The maximum Gasteiger partial charge on any atom is 0.262 e. The monoisotopic (exact) mass is 363 g/mol. The van der Waals surface area contributed by atoms with Gasteiger partial charge in [0.05, 0.1) is 23.3 Å². The molecule has 0 amide bonds. The van der Waals surface area contributed by atoms with Crippen molar-refractivity contribution in [2.75, 3.05) is 11.8 Å². The number of rotatable bonds is 6. The Labute approximate surface area is 147 Å². The highest BCUT2D eigenvalue weighted by Gasteiger charge is 2.23. The molecule has 0 aliphatic heterocycles. The molecule has 7 heteroatoms. The number of Topliss-reactive ketones (excluding diaryl/α,β-unsaturated/α-hetero) is 1. The predicted octanol–water partition coefficient (Wildman–Crippen LogP) is 2.93. The quantitative estimate of drug-likeness (QED) is 0.770. The highest BCUT2D eigenvalue weighted by atomic mass is 32.2. The van der Waals surface area contributed by atoms with Crippen molar-refractivity contribution in [1.82, 2.24) is 0 Å². The van der Waals surface area contributed by atoms with Gasteiger partial charge in [-0.05, 0) is 44.5 Å². The van der Waals surface area contributed by atoms with E-state index in [1.165, 1.54) is 32.2 Å². The van der Waals surface area contributed by atoms with Crippen LogP contribution in [0.3, 0.4) is 0 Å². The fourth-order valence-electron chi connectivity index (χ4n) is 2.35. The molecule has 2 aromatic rings. The molecule has 0 saturated carbocycles. The predicted molar refractivity (Wildman–Crippen MR) is 95.5 cm³/mol. The third-order valence-corrected chi connectivity index (χ3v) is 5.13. The van der Waals surface area contributed by atoms with E-state index in [0.29, 0.717) is 5.56 Å². The number of ketones is 1. The Morgan fingerprint density at radius 1 is 1.16 bits per heavy atom. The Morgan fingerprint density at radius 2 is 1.80 bits per heavy atom. The van der Waals surface area contributed by atoms with Gasteiger partial charge in [0.15, 0.2) is 5.78 Å². The molecule has 25 heavy (non-hydrogen) atoms. The number of hydrogen-bond donors (Lipinski definition) is 2. The number of hydrogen-bond acceptors (Lipinski definition) is 5. The van der Waals surface area contributed by atoms with Crippen LogP contribution in [0.2, 0.25) is 0 Å². The number of sulfonamides is 1. The third kappa shape index (κ3) is 4.18. The highest BCUT2D eigenvalue weighted by molar-refractivity contribution is 7.92. The Hall–Kier alpha value is -2.38. The molecule has 0 bridgehead atoms. The smallest absolute Gasteiger partial charge is 0.262 e. The van der Waals surface area contributed by atoms with Gasteiger partial charge < -0.3 is 9.84 Å². The summed E-state index contributed by atoms with van der Waals surface area (Å²) in [5.41, 5.74) is -0.182. The van der Waals surface area contributed by atoms with E-state index in [1.54, 1.807) is 38.1 Å². The van der Waals surface area contributed by atoms with Crippen molar-refractivity contribution in [3.05, 3.63) is 53.6 Å². The van der Waals surface area contributed by atoms with Crippen molar-refractivity contribution in [3.8, 4) is 5.75 Å². The van der Waals surface area contributed by atoms with Crippen LogP contribution in [-0.2, 0) is 15.6 Å². The molecule has 0 atom stereocenters. The molecule has 0 aliphatic rings. The van der Waals surface area contributed by atoms with Gasteiger partial charge in [0.25, 0.3) is 10.0 Å². The van der Waals surface area contributed by atoms with Crippen molar-refractivity contribution in [1.29, 1.82) is 0 Å². The van der Waals surface area contributed by atoms with Crippen LogP contribution in [0, 0.1) is 0 Å². The van der Waals surface area contributed by atoms with E-state index < -0.39 is 15.6 Å². The first-order valence-corrected chi connectivity index (χ1v) is 9.08. The molecule has 6 nitrogen and oxygen atoms in total. The van der Waals surface area contributed by atoms with Crippen LogP contribution in [0.1, 0.15) is 36.7 Å². The minimum Gasteiger partial charge on any atom is -0.495 e. The normalized spacial score (nSPS) is 11.9. The molecule has 134 valence electrons. The summed E-state index contributed by atoms with van der Waals surface area (Å²) in [6, 6.07) is 10.7.